The molecule has 0 aliphatic carbocycles. The fourth-order valence-electron chi connectivity index (χ4n) is 2.35. The van der Waals surface area contributed by atoms with E-state index in [1.54, 1.807) is 0 Å². The van der Waals surface area contributed by atoms with Crippen molar-refractivity contribution >= 4 is 0 Å². The Balaban J connectivity index is 1.74. The Morgan fingerprint density at radius 2 is 1.57 bits per heavy atom. The smallest absolute Gasteiger partial charge is 0.125 e. The van der Waals surface area contributed by atoms with Crippen LogP contribution in [0.2, 0.25) is 0 Å². The van der Waals surface area contributed by atoms with Crippen molar-refractivity contribution in [1.29, 1.82) is 0 Å². The number of aliphatic hydroxyl groups excluding tert-OH is 1. The predicted molar refractivity (Wildman–Crippen MR) is 92.1 cm³/mol. The monoisotopic (exact) mass is 315 g/mol. The van der Waals surface area contributed by atoms with Gasteiger partial charge in [-0.3, -0.25) is 0 Å². The summed E-state index contributed by atoms with van der Waals surface area (Å²) in [6.45, 7) is 6.63. The fourth-order valence-corrected chi connectivity index (χ4v) is 2.35. The van der Waals surface area contributed by atoms with Gasteiger partial charge in [-0.1, -0.05) is 30.3 Å². The zero-order chi connectivity index (χ0) is 16.5. The van der Waals surface area contributed by atoms with Gasteiger partial charge in [0, 0.05) is 13.1 Å². The molecule has 0 unspecified atom stereocenters. The molecule has 0 atom stereocenters. The lowest BCUT2D eigenvalue weighted by Gasteiger charge is -2.12. The number of rotatable bonds is 9. The molecule has 2 aromatic carbocycles. The molecule has 0 saturated heterocycles. The number of aryl methyl sites for hydroxylation is 2. The molecule has 0 heterocycles. The van der Waals surface area contributed by atoms with Gasteiger partial charge in [-0.15, -0.1) is 0 Å². The van der Waals surface area contributed by atoms with E-state index < -0.39 is 0 Å². The number of hydrogen-bond acceptors (Lipinski definition) is 4. The molecular weight excluding hydrogens is 290 g/mol. The molecule has 4 heteroatoms. The molecule has 0 bridgehead atoms. The van der Waals surface area contributed by atoms with Crippen LogP contribution in [0.3, 0.4) is 0 Å². The van der Waals surface area contributed by atoms with Crippen molar-refractivity contribution in [3.8, 4) is 11.5 Å². The summed E-state index contributed by atoms with van der Waals surface area (Å²) in [5.74, 6) is 1.78. The summed E-state index contributed by atoms with van der Waals surface area (Å²) in [6.07, 6.45) is 0. The number of aliphatic hydroxyl groups is 1. The average Bonchev–Trinajstić information content (AvgIpc) is 2.55. The molecule has 0 radical (unpaired) electrons. The van der Waals surface area contributed by atoms with Crippen molar-refractivity contribution in [2.24, 2.45) is 0 Å². The van der Waals surface area contributed by atoms with Crippen LogP contribution in [0.5, 0.6) is 11.5 Å². The summed E-state index contributed by atoms with van der Waals surface area (Å²) in [4.78, 5) is 0. The van der Waals surface area contributed by atoms with Gasteiger partial charge in [0.25, 0.3) is 0 Å². The quantitative estimate of drug-likeness (QED) is 0.699. The maximum Gasteiger partial charge on any atom is 0.125 e. The van der Waals surface area contributed by atoms with Crippen LogP contribution in [0.25, 0.3) is 0 Å². The van der Waals surface area contributed by atoms with Crippen LogP contribution in [-0.4, -0.2) is 31.5 Å². The Labute approximate surface area is 138 Å². The number of ether oxygens (including phenoxy) is 2. The zero-order valence-corrected chi connectivity index (χ0v) is 13.8. The first kappa shape index (κ1) is 17.3. The number of nitrogens with one attached hydrogen (secondary N) is 1. The van der Waals surface area contributed by atoms with E-state index in [4.69, 9.17) is 14.6 Å². The third-order valence-corrected chi connectivity index (χ3v) is 3.55. The van der Waals surface area contributed by atoms with Crippen LogP contribution in [0.4, 0.5) is 0 Å². The maximum absolute atomic E-state index is 8.73. The highest BCUT2D eigenvalue weighted by Gasteiger charge is 2.03. The molecule has 0 spiro atoms. The fraction of sp³-hybridized carbons (Fsp3) is 0.368. The van der Waals surface area contributed by atoms with Crippen molar-refractivity contribution in [2.75, 3.05) is 26.4 Å². The predicted octanol–water partition coefficient (Wildman–Crippen LogP) is 2.84. The summed E-state index contributed by atoms with van der Waals surface area (Å²) >= 11 is 0. The van der Waals surface area contributed by atoms with Gasteiger partial charge >= 0.3 is 0 Å². The van der Waals surface area contributed by atoms with Crippen molar-refractivity contribution in [2.45, 2.75) is 20.4 Å². The van der Waals surface area contributed by atoms with Crippen LogP contribution >= 0.6 is 0 Å². The SMILES string of the molecule is Cc1cccc(C)c1OCCOc1ccc(CNCCO)cc1. The molecule has 0 saturated carbocycles. The van der Waals surface area contributed by atoms with Gasteiger partial charge in [0.15, 0.2) is 0 Å². The second-order valence-corrected chi connectivity index (χ2v) is 5.46. The van der Waals surface area contributed by atoms with Crippen LogP contribution in [-0.2, 0) is 6.54 Å². The van der Waals surface area contributed by atoms with E-state index in [-0.39, 0.29) is 6.61 Å². The van der Waals surface area contributed by atoms with Gasteiger partial charge in [-0.2, -0.15) is 0 Å². The average molecular weight is 315 g/mol. The number of para-hydroxylation sites is 1. The molecule has 0 aromatic heterocycles. The molecule has 0 fully saturated rings. The molecule has 2 N–H and O–H groups in total. The second-order valence-electron chi connectivity index (χ2n) is 5.46. The second kappa shape index (κ2) is 9.18. The number of hydrogen-bond donors (Lipinski definition) is 2. The largest absolute Gasteiger partial charge is 0.490 e. The summed E-state index contributed by atoms with van der Waals surface area (Å²) < 4.78 is 11.5. The topological polar surface area (TPSA) is 50.7 Å². The van der Waals surface area contributed by atoms with E-state index in [0.717, 1.165) is 34.7 Å². The van der Waals surface area contributed by atoms with Crippen LogP contribution in [0.1, 0.15) is 16.7 Å². The Bertz CT molecular complexity index is 576. The Hall–Kier alpha value is -2.04. The van der Waals surface area contributed by atoms with E-state index >= 15 is 0 Å². The highest BCUT2D eigenvalue weighted by atomic mass is 16.5. The maximum atomic E-state index is 8.73. The van der Waals surface area contributed by atoms with E-state index in [0.29, 0.717) is 19.8 Å². The molecule has 2 aromatic rings. The first-order valence-electron chi connectivity index (χ1n) is 7.93. The summed E-state index contributed by atoms with van der Waals surface area (Å²) in [6, 6.07) is 14.1. The lowest BCUT2D eigenvalue weighted by Crippen LogP contribution is -2.17. The summed E-state index contributed by atoms with van der Waals surface area (Å²) in [7, 11) is 0. The van der Waals surface area contributed by atoms with E-state index in [1.165, 1.54) is 0 Å². The molecule has 0 aliphatic rings. The van der Waals surface area contributed by atoms with Gasteiger partial charge in [0.2, 0.25) is 0 Å². The highest BCUT2D eigenvalue weighted by Crippen LogP contribution is 2.22. The van der Waals surface area contributed by atoms with Gasteiger partial charge in [-0.25, -0.2) is 0 Å². The molecule has 0 aliphatic heterocycles. The van der Waals surface area contributed by atoms with E-state index in [9.17, 15) is 0 Å². The molecule has 2 rings (SSSR count). The summed E-state index contributed by atoms with van der Waals surface area (Å²) in [5, 5.41) is 11.9. The van der Waals surface area contributed by atoms with Crippen LogP contribution < -0.4 is 14.8 Å². The molecular formula is C19H25NO3. The Morgan fingerprint density at radius 1 is 0.913 bits per heavy atom. The van der Waals surface area contributed by atoms with Crippen molar-refractivity contribution in [3.05, 3.63) is 59.2 Å². The first-order chi connectivity index (χ1) is 11.2. The molecule has 23 heavy (non-hydrogen) atoms. The third-order valence-electron chi connectivity index (χ3n) is 3.55. The van der Waals surface area contributed by atoms with Crippen LogP contribution in [0, 0.1) is 13.8 Å². The molecule has 4 nitrogen and oxygen atoms in total. The lowest BCUT2D eigenvalue weighted by molar-refractivity contribution is 0.215. The van der Waals surface area contributed by atoms with Gasteiger partial charge in [-0.05, 0) is 42.7 Å². The summed E-state index contributed by atoms with van der Waals surface area (Å²) in [5.41, 5.74) is 3.45. The van der Waals surface area contributed by atoms with Crippen molar-refractivity contribution < 1.29 is 14.6 Å². The molecule has 0 amide bonds. The highest BCUT2D eigenvalue weighted by molar-refractivity contribution is 5.39. The third kappa shape index (κ3) is 5.58. The zero-order valence-electron chi connectivity index (χ0n) is 13.8. The minimum atomic E-state index is 0.154. The van der Waals surface area contributed by atoms with Crippen LogP contribution in [0.15, 0.2) is 42.5 Å². The van der Waals surface area contributed by atoms with Crippen molar-refractivity contribution in [3.63, 3.8) is 0 Å². The Kier molecular flexibility index (Phi) is 6.91. The van der Waals surface area contributed by atoms with Crippen molar-refractivity contribution in [1.82, 2.24) is 5.32 Å². The van der Waals surface area contributed by atoms with Gasteiger partial charge < -0.3 is 19.9 Å². The standard InChI is InChI=1S/C19H25NO3/c1-15-4-3-5-16(2)19(15)23-13-12-22-18-8-6-17(7-9-18)14-20-10-11-21/h3-9,20-21H,10-14H2,1-2H3. The molecule has 124 valence electrons. The number of benzene rings is 2. The van der Waals surface area contributed by atoms with E-state index in [1.807, 2.05) is 56.3 Å². The van der Waals surface area contributed by atoms with E-state index in [2.05, 4.69) is 5.32 Å². The lowest BCUT2D eigenvalue weighted by atomic mass is 10.1. The van der Waals surface area contributed by atoms with Gasteiger partial charge in [0.1, 0.15) is 24.7 Å². The first-order valence-corrected chi connectivity index (χ1v) is 7.93. The van der Waals surface area contributed by atoms with Gasteiger partial charge in [0.05, 0.1) is 6.61 Å². The minimum Gasteiger partial charge on any atom is -0.490 e. The minimum absolute atomic E-state index is 0.154. The normalized spacial score (nSPS) is 10.6. The Morgan fingerprint density at radius 3 is 2.22 bits per heavy atom.